The van der Waals surface area contributed by atoms with E-state index in [0.29, 0.717) is 11.1 Å². The zero-order valence-electron chi connectivity index (χ0n) is 16.6. The summed E-state index contributed by atoms with van der Waals surface area (Å²) in [7, 11) is 0. The van der Waals surface area contributed by atoms with Crippen LogP contribution >= 0.6 is 0 Å². The number of ether oxygens (including phenoxy) is 2. The van der Waals surface area contributed by atoms with Gasteiger partial charge in [-0.05, 0) is 36.4 Å². The molecule has 9 nitrogen and oxygen atoms in total. The van der Waals surface area contributed by atoms with Crippen LogP contribution in [0.1, 0.15) is 43.0 Å². The van der Waals surface area contributed by atoms with E-state index < -0.39 is 23.4 Å². The number of carboxylic acid groups (broad SMARTS) is 1. The summed E-state index contributed by atoms with van der Waals surface area (Å²) < 4.78 is 11.8. The quantitative estimate of drug-likeness (QED) is 0.329. The highest BCUT2D eigenvalue weighted by Gasteiger charge is 2.54. The molecule has 162 valence electrons. The van der Waals surface area contributed by atoms with Gasteiger partial charge in [-0.2, -0.15) is 0 Å². The lowest BCUT2D eigenvalue weighted by molar-refractivity contribution is -0.112. The number of hydrogen-bond acceptors (Lipinski definition) is 7. The van der Waals surface area contributed by atoms with Gasteiger partial charge in [-0.1, -0.05) is 5.92 Å². The van der Waals surface area contributed by atoms with Crippen molar-refractivity contribution in [3.63, 3.8) is 0 Å². The van der Waals surface area contributed by atoms with Crippen molar-refractivity contribution in [3.05, 3.63) is 81.9 Å². The first-order valence-corrected chi connectivity index (χ1v) is 9.52. The normalized spacial score (nSPS) is 14.1. The molecule has 33 heavy (non-hydrogen) atoms. The van der Waals surface area contributed by atoms with Crippen molar-refractivity contribution in [2.45, 2.75) is 5.60 Å². The lowest BCUT2D eigenvalue weighted by atomic mass is 9.76. The van der Waals surface area contributed by atoms with Crippen LogP contribution < -0.4 is 10.5 Å². The molecule has 9 heteroatoms. The maximum absolute atomic E-state index is 13.1. The van der Waals surface area contributed by atoms with E-state index in [-0.39, 0.29) is 45.3 Å². The van der Waals surface area contributed by atoms with E-state index in [1.165, 1.54) is 42.5 Å². The van der Waals surface area contributed by atoms with Crippen LogP contribution in [0.5, 0.6) is 23.0 Å². The van der Waals surface area contributed by atoms with E-state index in [1.54, 1.807) is 0 Å². The van der Waals surface area contributed by atoms with Crippen molar-refractivity contribution in [2.75, 3.05) is 0 Å². The van der Waals surface area contributed by atoms with Gasteiger partial charge >= 0.3 is 11.9 Å². The van der Waals surface area contributed by atoms with Crippen LogP contribution in [0.3, 0.4) is 0 Å². The summed E-state index contributed by atoms with van der Waals surface area (Å²) in [5, 5.41) is 29.6. The van der Waals surface area contributed by atoms with Crippen LogP contribution in [0.4, 0.5) is 0 Å². The topological polar surface area (TPSA) is 156 Å². The lowest BCUT2D eigenvalue weighted by Gasteiger charge is -2.36. The van der Waals surface area contributed by atoms with Crippen LogP contribution in [-0.4, -0.2) is 33.2 Å². The zero-order valence-corrected chi connectivity index (χ0v) is 16.6. The molecule has 2 aliphatic heterocycles. The summed E-state index contributed by atoms with van der Waals surface area (Å²) >= 11 is 0. The molecular weight excluding hydrogens is 430 g/mol. The molecule has 5 rings (SSSR count). The molecular formula is C24H13NO8. The zero-order chi connectivity index (χ0) is 23.5. The molecule has 1 amide bonds. The number of carbonyl (C=O) groups excluding carboxylic acids is 2. The van der Waals surface area contributed by atoms with E-state index in [4.69, 9.17) is 15.2 Å². The molecule has 0 unspecified atom stereocenters. The second-order valence-corrected chi connectivity index (χ2v) is 7.40. The minimum atomic E-state index is -1.66. The Labute approximate surface area is 185 Å². The number of aromatic hydroxyl groups is 2. The SMILES string of the molecule is NC(=O)C#Cc1cc(C(=O)O)cc2c1C(=O)OC21c2ccc(O)cc2Oc2cc(O)ccc21. The Morgan fingerprint density at radius 2 is 1.52 bits per heavy atom. The van der Waals surface area contributed by atoms with Crippen molar-refractivity contribution >= 4 is 17.8 Å². The molecule has 0 saturated carbocycles. The fourth-order valence-electron chi connectivity index (χ4n) is 4.17. The Balaban J connectivity index is 1.92. The number of primary amides is 1. The number of benzene rings is 3. The standard InChI is InChI=1S/C24H13NO8/c25-20(28)6-1-11-7-12(22(29)30)8-17-21(11)23(31)33-24(17)15-4-2-13(26)9-18(15)32-19-10-14(27)3-5-16(19)24/h2-5,7-10,26-27H,(H2,25,28)(H,29,30). The fraction of sp³-hybridized carbons (Fsp3) is 0.0417. The van der Waals surface area contributed by atoms with Gasteiger partial charge in [0.15, 0.2) is 5.60 Å². The molecule has 0 radical (unpaired) electrons. The van der Waals surface area contributed by atoms with Gasteiger partial charge in [0.25, 0.3) is 5.91 Å². The number of phenols is 2. The van der Waals surface area contributed by atoms with Gasteiger partial charge in [-0.3, -0.25) is 4.79 Å². The predicted octanol–water partition coefficient (Wildman–Crippen LogP) is 2.20. The van der Waals surface area contributed by atoms with E-state index >= 15 is 0 Å². The molecule has 0 atom stereocenters. The molecule has 2 aliphatic rings. The average Bonchev–Trinajstić information content (AvgIpc) is 3.04. The summed E-state index contributed by atoms with van der Waals surface area (Å²) in [4.78, 5) is 36.2. The number of aromatic carboxylic acids is 1. The first-order valence-electron chi connectivity index (χ1n) is 9.52. The summed E-state index contributed by atoms with van der Waals surface area (Å²) in [5.74, 6) is 1.55. The molecule has 0 aromatic heterocycles. The molecule has 0 fully saturated rings. The largest absolute Gasteiger partial charge is 0.508 e. The third kappa shape index (κ3) is 2.85. The number of carboxylic acids is 1. The minimum absolute atomic E-state index is 0.0336. The molecule has 2 heterocycles. The fourth-order valence-corrected chi connectivity index (χ4v) is 4.17. The van der Waals surface area contributed by atoms with Crippen molar-refractivity contribution in [2.24, 2.45) is 5.73 Å². The Morgan fingerprint density at radius 1 is 0.909 bits per heavy atom. The van der Waals surface area contributed by atoms with E-state index in [9.17, 15) is 29.7 Å². The van der Waals surface area contributed by atoms with Gasteiger partial charge in [-0.25, -0.2) is 9.59 Å². The molecule has 0 aliphatic carbocycles. The van der Waals surface area contributed by atoms with E-state index in [0.717, 1.165) is 6.07 Å². The van der Waals surface area contributed by atoms with Crippen LogP contribution in [-0.2, 0) is 15.1 Å². The van der Waals surface area contributed by atoms with Crippen molar-refractivity contribution in [1.29, 1.82) is 0 Å². The number of fused-ring (bicyclic) bond motifs is 6. The highest BCUT2D eigenvalue weighted by Crippen LogP contribution is 2.57. The van der Waals surface area contributed by atoms with Crippen LogP contribution in [0, 0.1) is 11.8 Å². The number of nitrogens with two attached hydrogens (primary N) is 1. The number of hydrogen-bond donors (Lipinski definition) is 4. The predicted molar refractivity (Wildman–Crippen MR) is 111 cm³/mol. The molecule has 3 aromatic rings. The van der Waals surface area contributed by atoms with Gasteiger partial charge < -0.3 is 30.5 Å². The first-order chi connectivity index (χ1) is 15.7. The van der Waals surface area contributed by atoms with E-state index in [1.807, 2.05) is 0 Å². The molecule has 1 spiro atoms. The second-order valence-electron chi connectivity index (χ2n) is 7.40. The van der Waals surface area contributed by atoms with Crippen molar-refractivity contribution < 1.29 is 39.2 Å². The summed E-state index contributed by atoms with van der Waals surface area (Å²) in [5.41, 5.74) is 3.96. The highest BCUT2D eigenvalue weighted by atomic mass is 16.6. The van der Waals surface area contributed by atoms with Gasteiger partial charge in [0, 0.05) is 40.3 Å². The smallest absolute Gasteiger partial charge is 0.341 e. The highest BCUT2D eigenvalue weighted by molar-refractivity contribution is 6.02. The monoisotopic (exact) mass is 443 g/mol. The maximum Gasteiger partial charge on any atom is 0.341 e. The minimum Gasteiger partial charge on any atom is -0.508 e. The van der Waals surface area contributed by atoms with Crippen LogP contribution in [0.15, 0.2) is 48.5 Å². The van der Waals surface area contributed by atoms with Crippen LogP contribution in [0.25, 0.3) is 0 Å². The number of phenolic OH excluding ortho intramolecular Hbond substituents is 2. The Hall–Kier alpha value is -4.97. The van der Waals surface area contributed by atoms with Gasteiger partial charge in [-0.15, -0.1) is 0 Å². The molecule has 5 N–H and O–H groups in total. The molecule has 3 aromatic carbocycles. The maximum atomic E-state index is 13.1. The van der Waals surface area contributed by atoms with Crippen LogP contribution in [0.2, 0.25) is 0 Å². The second kappa shape index (κ2) is 6.77. The van der Waals surface area contributed by atoms with Crippen molar-refractivity contribution in [1.82, 2.24) is 0 Å². The molecule has 0 saturated heterocycles. The van der Waals surface area contributed by atoms with Gasteiger partial charge in [0.2, 0.25) is 0 Å². The molecule has 0 bridgehead atoms. The first kappa shape index (κ1) is 20.0. The third-order valence-corrected chi connectivity index (χ3v) is 5.44. The average molecular weight is 443 g/mol. The summed E-state index contributed by atoms with van der Waals surface area (Å²) in [6.07, 6.45) is 0. The Morgan fingerprint density at radius 3 is 2.06 bits per heavy atom. The van der Waals surface area contributed by atoms with Crippen molar-refractivity contribution in [3.8, 4) is 34.8 Å². The Kier molecular flexibility index (Phi) is 4.09. The Bertz CT molecular complexity index is 1430. The van der Waals surface area contributed by atoms with Gasteiger partial charge in [0.05, 0.1) is 11.1 Å². The number of esters is 1. The number of rotatable bonds is 1. The summed E-state index contributed by atoms with van der Waals surface area (Å²) in [6.45, 7) is 0. The van der Waals surface area contributed by atoms with E-state index in [2.05, 4.69) is 11.8 Å². The number of carbonyl (C=O) groups is 3. The van der Waals surface area contributed by atoms with Gasteiger partial charge in [0.1, 0.15) is 23.0 Å². The summed E-state index contributed by atoms with van der Waals surface area (Å²) in [6, 6.07) is 10.8. The third-order valence-electron chi connectivity index (χ3n) is 5.44. The number of amides is 1. The lowest BCUT2D eigenvalue weighted by Crippen LogP contribution is -2.33.